The van der Waals surface area contributed by atoms with Gasteiger partial charge in [-0.15, -0.1) is 0 Å². The van der Waals surface area contributed by atoms with Crippen molar-refractivity contribution in [2.75, 3.05) is 0 Å². The Morgan fingerprint density at radius 2 is 1.40 bits per heavy atom. The van der Waals surface area contributed by atoms with E-state index in [-0.39, 0.29) is 0 Å². The second kappa shape index (κ2) is 6.51. The Morgan fingerprint density at radius 1 is 0.850 bits per heavy atom. The monoisotopic (exact) mass is 266 g/mol. The van der Waals surface area contributed by atoms with Gasteiger partial charge in [0, 0.05) is 5.56 Å². The highest BCUT2D eigenvalue weighted by atomic mass is 16.1. The van der Waals surface area contributed by atoms with Gasteiger partial charge in [0.15, 0.2) is 0 Å². The maximum atomic E-state index is 10.8. The molecule has 0 fully saturated rings. The molecule has 0 spiro atoms. The molecule has 2 aromatic carbocycles. The summed E-state index contributed by atoms with van der Waals surface area (Å²) in [6.07, 6.45) is 4.03. The summed E-state index contributed by atoms with van der Waals surface area (Å²) in [4.78, 5) is 10.8. The molecular formula is C19H22O. The third kappa shape index (κ3) is 2.82. The Bertz CT molecular complexity index is 569. The second-order valence-electron chi connectivity index (χ2n) is 5.09. The summed E-state index contributed by atoms with van der Waals surface area (Å²) in [6, 6.07) is 12.6. The summed E-state index contributed by atoms with van der Waals surface area (Å²) < 4.78 is 0. The Hall–Kier alpha value is -1.89. The van der Waals surface area contributed by atoms with Crippen molar-refractivity contribution < 1.29 is 4.79 Å². The molecular weight excluding hydrogens is 244 g/mol. The number of hydrogen-bond donors (Lipinski definition) is 0. The standard InChI is InChI=1S/C19H22O/c1-4-14-11-16(5-2)19(17(6-3)12-14)18-9-7-15(13-20)8-10-18/h7-13H,4-6H2,1-3H3. The minimum absolute atomic E-state index is 0.732. The Morgan fingerprint density at radius 3 is 1.80 bits per heavy atom. The number of rotatable bonds is 5. The van der Waals surface area contributed by atoms with Crippen molar-refractivity contribution in [1.29, 1.82) is 0 Å². The van der Waals surface area contributed by atoms with Gasteiger partial charge < -0.3 is 0 Å². The molecule has 0 unspecified atom stereocenters. The van der Waals surface area contributed by atoms with Gasteiger partial charge in [0.2, 0.25) is 0 Å². The van der Waals surface area contributed by atoms with E-state index in [1.54, 1.807) is 0 Å². The molecule has 2 rings (SSSR count). The van der Waals surface area contributed by atoms with E-state index in [1.807, 2.05) is 12.1 Å². The first-order valence-corrected chi connectivity index (χ1v) is 7.43. The van der Waals surface area contributed by atoms with E-state index in [4.69, 9.17) is 0 Å². The van der Waals surface area contributed by atoms with Crippen molar-refractivity contribution in [2.24, 2.45) is 0 Å². The highest BCUT2D eigenvalue weighted by Crippen LogP contribution is 2.30. The Balaban J connectivity index is 2.60. The minimum atomic E-state index is 0.732. The Kier molecular flexibility index (Phi) is 4.73. The lowest BCUT2D eigenvalue weighted by Crippen LogP contribution is -1.98. The maximum absolute atomic E-state index is 10.8. The van der Waals surface area contributed by atoms with Crippen LogP contribution in [0.15, 0.2) is 36.4 Å². The van der Waals surface area contributed by atoms with E-state index >= 15 is 0 Å². The fourth-order valence-corrected chi connectivity index (χ4v) is 2.70. The first kappa shape index (κ1) is 14.5. The van der Waals surface area contributed by atoms with Crippen LogP contribution in [0, 0.1) is 0 Å². The smallest absolute Gasteiger partial charge is 0.150 e. The van der Waals surface area contributed by atoms with Crippen LogP contribution in [-0.2, 0) is 19.3 Å². The lowest BCUT2D eigenvalue weighted by molar-refractivity contribution is 0.112. The number of carbonyl (C=O) groups is 1. The zero-order valence-electron chi connectivity index (χ0n) is 12.6. The fourth-order valence-electron chi connectivity index (χ4n) is 2.70. The molecule has 0 aliphatic carbocycles. The predicted molar refractivity (Wildman–Crippen MR) is 85.4 cm³/mol. The number of hydrogen-bond acceptors (Lipinski definition) is 1. The molecule has 0 aliphatic heterocycles. The molecule has 0 aliphatic rings. The largest absolute Gasteiger partial charge is 0.298 e. The van der Waals surface area contributed by atoms with Gasteiger partial charge in [-0.05, 0) is 47.1 Å². The van der Waals surface area contributed by atoms with Crippen LogP contribution in [0.2, 0.25) is 0 Å². The van der Waals surface area contributed by atoms with E-state index in [9.17, 15) is 4.79 Å². The average molecular weight is 266 g/mol. The zero-order chi connectivity index (χ0) is 14.5. The van der Waals surface area contributed by atoms with Crippen LogP contribution in [0.5, 0.6) is 0 Å². The predicted octanol–water partition coefficient (Wildman–Crippen LogP) is 4.85. The minimum Gasteiger partial charge on any atom is -0.298 e. The molecule has 0 N–H and O–H groups in total. The van der Waals surface area contributed by atoms with Crippen LogP contribution >= 0.6 is 0 Å². The van der Waals surface area contributed by atoms with Crippen molar-refractivity contribution in [3.8, 4) is 11.1 Å². The van der Waals surface area contributed by atoms with E-state index in [0.717, 1.165) is 31.1 Å². The molecule has 0 radical (unpaired) electrons. The molecule has 1 nitrogen and oxygen atoms in total. The molecule has 20 heavy (non-hydrogen) atoms. The molecule has 0 saturated heterocycles. The van der Waals surface area contributed by atoms with Crippen molar-refractivity contribution in [2.45, 2.75) is 40.0 Å². The molecule has 0 bridgehead atoms. The molecule has 0 amide bonds. The normalized spacial score (nSPS) is 10.6. The molecule has 2 aromatic rings. The number of aldehydes is 1. The van der Waals surface area contributed by atoms with E-state index in [2.05, 4.69) is 45.0 Å². The van der Waals surface area contributed by atoms with Crippen LogP contribution in [0.4, 0.5) is 0 Å². The number of carbonyl (C=O) groups excluding carboxylic acids is 1. The molecule has 104 valence electrons. The molecule has 1 heteroatoms. The van der Waals surface area contributed by atoms with Crippen molar-refractivity contribution >= 4 is 6.29 Å². The van der Waals surface area contributed by atoms with E-state index in [0.29, 0.717) is 0 Å². The number of aryl methyl sites for hydroxylation is 3. The zero-order valence-corrected chi connectivity index (χ0v) is 12.6. The van der Waals surface area contributed by atoms with Gasteiger partial charge in [-0.25, -0.2) is 0 Å². The summed E-state index contributed by atoms with van der Waals surface area (Å²) in [5.74, 6) is 0. The van der Waals surface area contributed by atoms with Crippen LogP contribution < -0.4 is 0 Å². The molecule has 0 saturated carbocycles. The van der Waals surface area contributed by atoms with Crippen LogP contribution in [-0.4, -0.2) is 6.29 Å². The first-order valence-electron chi connectivity index (χ1n) is 7.43. The van der Waals surface area contributed by atoms with Crippen molar-refractivity contribution in [3.05, 3.63) is 58.7 Å². The summed E-state index contributed by atoms with van der Waals surface area (Å²) >= 11 is 0. The van der Waals surface area contributed by atoms with Gasteiger partial charge in [0.25, 0.3) is 0 Å². The van der Waals surface area contributed by atoms with Gasteiger partial charge in [0.05, 0.1) is 0 Å². The third-order valence-corrected chi connectivity index (χ3v) is 3.87. The van der Waals surface area contributed by atoms with E-state index in [1.165, 1.54) is 27.8 Å². The summed E-state index contributed by atoms with van der Waals surface area (Å²) in [6.45, 7) is 6.61. The maximum Gasteiger partial charge on any atom is 0.150 e. The highest BCUT2D eigenvalue weighted by molar-refractivity contribution is 5.78. The topological polar surface area (TPSA) is 17.1 Å². The lowest BCUT2D eigenvalue weighted by atomic mass is 9.89. The second-order valence-corrected chi connectivity index (χ2v) is 5.09. The van der Waals surface area contributed by atoms with Crippen LogP contribution in [0.1, 0.15) is 47.8 Å². The first-order chi connectivity index (χ1) is 9.73. The fraction of sp³-hybridized carbons (Fsp3) is 0.316. The van der Waals surface area contributed by atoms with Crippen LogP contribution in [0.3, 0.4) is 0 Å². The summed E-state index contributed by atoms with van der Waals surface area (Å²) in [5, 5.41) is 0. The quantitative estimate of drug-likeness (QED) is 0.707. The summed E-state index contributed by atoms with van der Waals surface area (Å²) in [5.41, 5.74) is 7.51. The lowest BCUT2D eigenvalue weighted by Gasteiger charge is -2.16. The summed E-state index contributed by atoms with van der Waals surface area (Å²) in [7, 11) is 0. The highest BCUT2D eigenvalue weighted by Gasteiger charge is 2.10. The average Bonchev–Trinajstić information content (AvgIpc) is 2.53. The third-order valence-electron chi connectivity index (χ3n) is 3.87. The van der Waals surface area contributed by atoms with Gasteiger partial charge in [-0.2, -0.15) is 0 Å². The molecule has 0 atom stereocenters. The van der Waals surface area contributed by atoms with Gasteiger partial charge >= 0.3 is 0 Å². The van der Waals surface area contributed by atoms with Gasteiger partial charge in [-0.1, -0.05) is 57.2 Å². The van der Waals surface area contributed by atoms with Crippen molar-refractivity contribution in [3.63, 3.8) is 0 Å². The number of benzene rings is 2. The van der Waals surface area contributed by atoms with Crippen LogP contribution in [0.25, 0.3) is 11.1 Å². The molecule has 0 aromatic heterocycles. The Labute approximate surface area is 121 Å². The van der Waals surface area contributed by atoms with Gasteiger partial charge in [-0.3, -0.25) is 4.79 Å². The SMILES string of the molecule is CCc1cc(CC)c(-c2ccc(C=O)cc2)c(CC)c1. The molecule has 0 heterocycles. The van der Waals surface area contributed by atoms with Crippen molar-refractivity contribution in [1.82, 2.24) is 0 Å². The van der Waals surface area contributed by atoms with E-state index < -0.39 is 0 Å². The van der Waals surface area contributed by atoms with Gasteiger partial charge in [0.1, 0.15) is 6.29 Å².